The van der Waals surface area contributed by atoms with E-state index in [-0.39, 0.29) is 24.9 Å². The average Bonchev–Trinajstić information content (AvgIpc) is 3.23. The first kappa shape index (κ1) is 23.9. The standard InChI is InChI=1S/C16H26N8O7S/c1-18-15(21-30-9-12(25)19-6-4-3-5-17)14-13-10(7-20-22(13)2)11-8-23(14)16(26)24(11)31-32(27,28)29/h7,11,14H,3-6,8-9,17H2,1-2H3,(H,18,21)(H,19,25)(H,27,28,29)/t11-,14+/m1/s1. The average molecular weight is 475 g/mol. The maximum Gasteiger partial charge on any atom is 0.418 e. The van der Waals surface area contributed by atoms with E-state index in [2.05, 4.69) is 25.2 Å². The molecule has 1 aromatic rings. The highest BCUT2D eigenvalue weighted by Crippen LogP contribution is 2.44. The predicted octanol–water partition coefficient (Wildman–Crippen LogP) is -1.61. The van der Waals surface area contributed by atoms with Gasteiger partial charge in [0.25, 0.3) is 0 Å². The summed E-state index contributed by atoms with van der Waals surface area (Å²) in [5.74, 6) is -0.161. The number of hydrogen-bond acceptors (Lipinski definition) is 9. The second kappa shape index (κ2) is 9.78. The number of aryl methyl sites for hydroxylation is 1. The Morgan fingerprint density at radius 1 is 1.44 bits per heavy atom. The molecule has 2 aliphatic rings. The summed E-state index contributed by atoms with van der Waals surface area (Å²) < 4.78 is 37.5. The number of amidine groups is 1. The summed E-state index contributed by atoms with van der Waals surface area (Å²) in [5, 5.41) is 7.46. The molecule has 3 amide bonds. The lowest BCUT2D eigenvalue weighted by molar-refractivity contribution is -0.127. The molecule has 5 N–H and O–H groups in total. The Morgan fingerprint density at radius 3 is 2.84 bits per heavy atom. The smallest absolute Gasteiger partial charge is 0.354 e. The van der Waals surface area contributed by atoms with Crippen LogP contribution in [0.25, 0.3) is 0 Å². The molecule has 15 nitrogen and oxygen atoms in total. The molecule has 2 bridgehead atoms. The van der Waals surface area contributed by atoms with Gasteiger partial charge in [0.2, 0.25) is 5.91 Å². The Labute approximate surface area is 184 Å². The van der Waals surface area contributed by atoms with Crippen LogP contribution in [0.2, 0.25) is 0 Å². The lowest BCUT2D eigenvalue weighted by Gasteiger charge is -2.31. The predicted molar refractivity (Wildman–Crippen MR) is 109 cm³/mol. The number of rotatable bonds is 10. The van der Waals surface area contributed by atoms with Gasteiger partial charge in [0, 0.05) is 26.2 Å². The molecule has 178 valence electrons. The summed E-state index contributed by atoms with van der Waals surface area (Å²) in [4.78, 5) is 35.4. The van der Waals surface area contributed by atoms with Crippen molar-refractivity contribution in [2.45, 2.75) is 24.9 Å². The van der Waals surface area contributed by atoms with Crippen LogP contribution in [0.4, 0.5) is 4.79 Å². The molecule has 1 fully saturated rings. The second-order valence-corrected chi connectivity index (χ2v) is 8.14. The van der Waals surface area contributed by atoms with Gasteiger partial charge in [-0.2, -0.15) is 18.6 Å². The summed E-state index contributed by atoms with van der Waals surface area (Å²) in [5.41, 5.74) is 9.07. The van der Waals surface area contributed by atoms with Gasteiger partial charge in [-0.1, -0.05) is 0 Å². The minimum Gasteiger partial charge on any atom is -0.354 e. The number of nitrogens with one attached hydrogen (secondary N) is 2. The summed E-state index contributed by atoms with van der Waals surface area (Å²) in [7, 11) is -1.81. The first-order chi connectivity index (χ1) is 15.2. The van der Waals surface area contributed by atoms with Gasteiger partial charge in [-0.15, -0.1) is 4.28 Å². The van der Waals surface area contributed by atoms with Crippen LogP contribution < -0.4 is 16.5 Å². The number of fused-ring (bicyclic) bond motifs is 4. The van der Waals surface area contributed by atoms with Crippen molar-refractivity contribution < 1.29 is 31.7 Å². The van der Waals surface area contributed by atoms with Gasteiger partial charge in [0.1, 0.15) is 17.9 Å². The van der Waals surface area contributed by atoms with Crippen LogP contribution >= 0.6 is 0 Å². The van der Waals surface area contributed by atoms with Crippen molar-refractivity contribution in [2.24, 2.45) is 17.8 Å². The maximum absolute atomic E-state index is 12.9. The molecule has 2 aliphatic heterocycles. The molecule has 3 rings (SSSR count). The van der Waals surface area contributed by atoms with E-state index in [1.165, 1.54) is 22.8 Å². The van der Waals surface area contributed by atoms with Crippen LogP contribution in [-0.2, 0) is 31.4 Å². The molecule has 32 heavy (non-hydrogen) atoms. The Balaban J connectivity index is 1.73. The number of unbranched alkanes of at least 4 members (excludes halogenated alkanes) is 1. The molecule has 0 spiro atoms. The van der Waals surface area contributed by atoms with Crippen molar-refractivity contribution in [3.05, 3.63) is 17.5 Å². The summed E-state index contributed by atoms with van der Waals surface area (Å²) in [6.45, 7) is 0.772. The van der Waals surface area contributed by atoms with Crippen LogP contribution in [0.5, 0.6) is 0 Å². The third kappa shape index (κ3) is 4.99. The van der Waals surface area contributed by atoms with Crippen LogP contribution in [0.3, 0.4) is 0 Å². The zero-order valence-electron chi connectivity index (χ0n) is 17.6. The third-order valence-corrected chi connectivity index (χ3v) is 5.39. The van der Waals surface area contributed by atoms with Crippen LogP contribution in [-0.4, -0.2) is 83.8 Å². The summed E-state index contributed by atoms with van der Waals surface area (Å²) in [6, 6.07) is -2.43. The molecule has 0 saturated carbocycles. The van der Waals surface area contributed by atoms with Crippen molar-refractivity contribution in [3.8, 4) is 0 Å². The SMILES string of the molecule is CN=C(NOCC(=O)NCCCCN)[C@@H]1c2c(cnn2C)[C@H]2CN1C(=O)N2OS(=O)(=O)O. The molecule has 0 unspecified atom stereocenters. The number of nitrogens with two attached hydrogens (primary N) is 1. The molecule has 1 saturated heterocycles. The van der Waals surface area contributed by atoms with E-state index in [0.717, 1.165) is 12.8 Å². The number of carbonyl (C=O) groups is 2. The number of aromatic nitrogens is 2. The molecular formula is C16H26N8O7S. The topological polar surface area (TPSA) is 194 Å². The Kier molecular flexibility index (Phi) is 7.29. The first-order valence-corrected chi connectivity index (χ1v) is 11.1. The van der Waals surface area contributed by atoms with Gasteiger partial charge in [-0.25, -0.2) is 4.79 Å². The van der Waals surface area contributed by atoms with E-state index in [9.17, 15) is 18.0 Å². The van der Waals surface area contributed by atoms with E-state index < -0.39 is 28.5 Å². The highest BCUT2D eigenvalue weighted by molar-refractivity contribution is 7.80. The van der Waals surface area contributed by atoms with Crippen LogP contribution in [0.1, 0.15) is 36.2 Å². The Hall–Kier alpha value is -2.79. The number of hydrogen-bond donors (Lipinski definition) is 4. The molecule has 0 radical (unpaired) electrons. The van der Waals surface area contributed by atoms with E-state index in [0.29, 0.717) is 29.4 Å². The van der Waals surface area contributed by atoms with E-state index in [1.54, 1.807) is 7.05 Å². The van der Waals surface area contributed by atoms with Gasteiger partial charge >= 0.3 is 16.4 Å². The normalized spacial score (nSPS) is 20.5. The fourth-order valence-corrected chi connectivity index (χ4v) is 4.02. The van der Waals surface area contributed by atoms with Gasteiger partial charge in [0.05, 0.1) is 18.4 Å². The quantitative estimate of drug-likeness (QED) is 0.101. The molecule has 16 heteroatoms. The van der Waals surface area contributed by atoms with Gasteiger partial charge < -0.3 is 16.0 Å². The maximum atomic E-state index is 12.9. The van der Waals surface area contributed by atoms with Crippen molar-refractivity contribution in [1.29, 1.82) is 0 Å². The third-order valence-electron chi connectivity index (χ3n) is 5.04. The van der Waals surface area contributed by atoms with Crippen molar-refractivity contribution in [2.75, 3.05) is 33.3 Å². The lowest BCUT2D eigenvalue weighted by atomic mass is 9.97. The van der Waals surface area contributed by atoms with E-state index in [4.69, 9.17) is 15.1 Å². The summed E-state index contributed by atoms with van der Waals surface area (Å²) >= 11 is 0. The highest BCUT2D eigenvalue weighted by Gasteiger charge is 2.53. The molecule has 2 atom stereocenters. The molecule has 1 aromatic heterocycles. The Morgan fingerprint density at radius 2 is 2.19 bits per heavy atom. The minimum absolute atomic E-state index is 0.0556. The molecule has 3 heterocycles. The van der Waals surface area contributed by atoms with Crippen molar-refractivity contribution >= 4 is 28.2 Å². The molecule has 0 aliphatic carbocycles. The van der Waals surface area contributed by atoms with Crippen LogP contribution in [0.15, 0.2) is 11.2 Å². The van der Waals surface area contributed by atoms with Gasteiger partial charge in [-0.05, 0) is 19.4 Å². The largest absolute Gasteiger partial charge is 0.418 e. The first-order valence-electron chi connectivity index (χ1n) is 9.77. The van der Waals surface area contributed by atoms with Crippen molar-refractivity contribution in [1.82, 2.24) is 30.5 Å². The van der Waals surface area contributed by atoms with Crippen LogP contribution in [0, 0.1) is 0 Å². The zero-order chi connectivity index (χ0) is 23.5. The number of nitrogens with zero attached hydrogens (tertiary/aromatic N) is 5. The van der Waals surface area contributed by atoms with Crippen molar-refractivity contribution in [3.63, 3.8) is 0 Å². The zero-order valence-corrected chi connectivity index (χ0v) is 18.4. The van der Waals surface area contributed by atoms with Gasteiger partial charge in [0.15, 0.2) is 6.61 Å². The fourth-order valence-electron chi connectivity index (χ4n) is 3.65. The van der Waals surface area contributed by atoms with E-state index >= 15 is 0 Å². The minimum atomic E-state index is -4.92. The number of hydroxylamine groups is 3. The second-order valence-electron chi connectivity index (χ2n) is 7.14. The summed E-state index contributed by atoms with van der Waals surface area (Å²) in [6.07, 6.45) is 3.03. The number of carbonyl (C=O) groups excluding carboxylic acids is 2. The monoisotopic (exact) mass is 474 g/mol. The fraction of sp³-hybridized carbons (Fsp3) is 0.625. The lowest BCUT2D eigenvalue weighted by Crippen LogP contribution is -2.45. The number of aliphatic imine (C=N–C) groups is 1. The highest BCUT2D eigenvalue weighted by atomic mass is 32.3. The van der Waals surface area contributed by atoms with Gasteiger partial charge in [-0.3, -0.25) is 29.3 Å². The molecule has 0 aromatic carbocycles. The Bertz CT molecular complexity index is 995. The van der Waals surface area contributed by atoms with E-state index in [1.807, 2.05) is 0 Å². The number of urea groups is 1. The molecular weight excluding hydrogens is 448 g/mol. The number of amides is 3.